The highest BCUT2D eigenvalue weighted by Gasteiger charge is 2.41. The average Bonchev–Trinajstić information content (AvgIpc) is 2.87. The standard InChI is InChI=1S/C12H17N3O4S/c1-6-10(11(16)14-12(17)13-6)20(18,19)15-9-5-7-2-3-8(9)4-7/h7-9,15H,2-5H2,1H3,(H2,13,14,16,17)/t7-,8-,9-/m0/s1. The summed E-state index contributed by atoms with van der Waals surface area (Å²) in [5.74, 6) is 0.972. The van der Waals surface area contributed by atoms with Gasteiger partial charge in [-0.2, -0.15) is 0 Å². The van der Waals surface area contributed by atoms with Gasteiger partial charge in [-0.3, -0.25) is 9.78 Å². The molecule has 0 amide bonds. The molecule has 3 N–H and O–H groups in total. The van der Waals surface area contributed by atoms with Crippen molar-refractivity contribution in [3.8, 4) is 0 Å². The molecule has 2 fully saturated rings. The Hall–Kier alpha value is -1.41. The summed E-state index contributed by atoms with van der Waals surface area (Å²) < 4.78 is 27.4. The zero-order valence-corrected chi connectivity index (χ0v) is 11.9. The number of H-pyrrole nitrogens is 2. The van der Waals surface area contributed by atoms with Gasteiger partial charge in [-0.1, -0.05) is 6.42 Å². The van der Waals surface area contributed by atoms with Gasteiger partial charge in [0.05, 0.1) is 0 Å². The molecule has 0 spiro atoms. The molecule has 3 atom stereocenters. The number of rotatable bonds is 3. The van der Waals surface area contributed by atoms with E-state index in [9.17, 15) is 18.0 Å². The number of fused-ring (bicyclic) bond motifs is 2. The summed E-state index contributed by atoms with van der Waals surface area (Å²) in [6.45, 7) is 1.41. The molecule has 0 radical (unpaired) electrons. The van der Waals surface area contributed by atoms with Crippen LogP contribution in [0, 0.1) is 18.8 Å². The maximum absolute atomic E-state index is 12.4. The topological polar surface area (TPSA) is 112 Å². The quantitative estimate of drug-likeness (QED) is 0.720. The van der Waals surface area contributed by atoms with Crippen molar-refractivity contribution < 1.29 is 8.42 Å². The lowest BCUT2D eigenvalue weighted by atomic mass is 9.96. The second-order valence-corrected chi connectivity index (χ2v) is 7.42. The second-order valence-electron chi connectivity index (χ2n) is 5.77. The summed E-state index contributed by atoms with van der Waals surface area (Å²) in [4.78, 5) is 26.7. The SMILES string of the molecule is Cc1[nH]c(=O)[nH]c(=O)c1S(=O)(=O)N[C@H]1C[C@H]2CC[C@H]1C2. The van der Waals surface area contributed by atoms with E-state index in [0.717, 1.165) is 19.3 Å². The predicted molar refractivity (Wildman–Crippen MR) is 72.0 cm³/mol. The van der Waals surface area contributed by atoms with Gasteiger partial charge in [-0.15, -0.1) is 0 Å². The molecule has 1 aromatic heterocycles. The van der Waals surface area contributed by atoms with Crippen LogP contribution in [0.2, 0.25) is 0 Å². The lowest BCUT2D eigenvalue weighted by Crippen LogP contribution is -2.42. The molecule has 1 aromatic rings. The normalized spacial score (nSPS) is 28.9. The van der Waals surface area contributed by atoms with Gasteiger partial charge in [0, 0.05) is 11.7 Å². The molecular formula is C12H17N3O4S. The van der Waals surface area contributed by atoms with Crippen LogP contribution in [0.5, 0.6) is 0 Å². The van der Waals surface area contributed by atoms with Crippen LogP contribution in [0.4, 0.5) is 0 Å². The first-order valence-corrected chi connectivity index (χ1v) is 8.20. The molecule has 7 nitrogen and oxygen atoms in total. The molecule has 0 aromatic carbocycles. The number of hydrogen-bond acceptors (Lipinski definition) is 4. The Morgan fingerprint density at radius 2 is 1.90 bits per heavy atom. The molecule has 2 aliphatic carbocycles. The zero-order valence-electron chi connectivity index (χ0n) is 11.1. The highest BCUT2D eigenvalue weighted by atomic mass is 32.2. The fourth-order valence-electron chi connectivity index (χ4n) is 3.56. The highest BCUT2D eigenvalue weighted by Crippen LogP contribution is 2.44. The van der Waals surface area contributed by atoms with E-state index >= 15 is 0 Å². The Morgan fingerprint density at radius 3 is 2.45 bits per heavy atom. The number of hydrogen-bond donors (Lipinski definition) is 3. The molecule has 3 rings (SSSR count). The number of aryl methyl sites for hydroxylation is 1. The predicted octanol–water partition coefficient (Wildman–Crippen LogP) is -0.161. The summed E-state index contributed by atoms with van der Waals surface area (Å²) in [5.41, 5.74) is -1.51. The molecule has 2 aliphatic rings. The smallest absolute Gasteiger partial charge is 0.310 e. The molecule has 20 heavy (non-hydrogen) atoms. The summed E-state index contributed by atoms with van der Waals surface area (Å²) in [5, 5.41) is 0. The van der Waals surface area contributed by atoms with Crippen molar-refractivity contribution in [2.45, 2.75) is 43.5 Å². The van der Waals surface area contributed by atoms with E-state index in [-0.39, 0.29) is 16.6 Å². The number of aromatic amines is 2. The second kappa shape index (κ2) is 4.56. The Labute approximate surface area is 115 Å². The summed E-state index contributed by atoms with van der Waals surface area (Å²) in [7, 11) is -3.91. The van der Waals surface area contributed by atoms with Gasteiger partial charge in [-0.05, 0) is 38.0 Å². The number of sulfonamides is 1. The number of nitrogens with one attached hydrogen (secondary N) is 3. The van der Waals surface area contributed by atoms with Gasteiger partial charge in [0.25, 0.3) is 5.56 Å². The fourth-order valence-corrected chi connectivity index (χ4v) is 5.11. The van der Waals surface area contributed by atoms with Crippen LogP contribution in [0.3, 0.4) is 0 Å². The van der Waals surface area contributed by atoms with Crippen molar-refractivity contribution in [2.24, 2.45) is 11.8 Å². The van der Waals surface area contributed by atoms with E-state index in [1.165, 1.54) is 13.3 Å². The van der Waals surface area contributed by atoms with Crippen LogP contribution < -0.4 is 16.0 Å². The third-order valence-electron chi connectivity index (χ3n) is 4.39. The maximum atomic E-state index is 12.4. The first kappa shape index (κ1) is 13.6. The Bertz CT molecular complexity index is 749. The first-order valence-electron chi connectivity index (χ1n) is 6.72. The average molecular weight is 299 g/mol. The van der Waals surface area contributed by atoms with Gasteiger partial charge in [0.2, 0.25) is 10.0 Å². The zero-order chi connectivity index (χ0) is 14.5. The van der Waals surface area contributed by atoms with Gasteiger partial charge < -0.3 is 4.98 Å². The van der Waals surface area contributed by atoms with Crippen LogP contribution in [-0.2, 0) is 10.0 Å². The van der Waals surface area contributed by atoms with E-state index in [0.29, 0.717) is 11.8 Å². The molecule has 1 heterocycles. The van der Waals surface area contributed by atoms with Crippen molar-refractivity contribution in [1.82, 2.24) is 14.7 Å². The first-order chi connectivity index (χ1) is 9.37. The van der Waals surface area contributed by atoms with Crippen molar-refractivity contribution in [1.29, 1.82) is 0 Å². The third kappa shape index (κ3) is 2.22. The van der Waals surface area contributed by atoms with Crippen LogP contribution in [0.25, 0.3) is 0 Å². The van der Waals surface area contributed by atoms with E-state index < -0.39 is 21.3 Å². The van der Waals surface area contributed by atoms with Gasteiger partial charge >= 0.3 is 5.69 Å². The van der Waals surface area contributed by atoms with Crippen LogP contribution >= 0.6 is 0 Å². The summed E-state index contributed by atoms with van der Waals surface area (Å²) in [6, 6.07) is -0.0931. The fraction of sp³-hybridized carbons (Fsp3) is 0.667. The Morgan fingerprint density at radius 1 is 1.15 bits per heavy atom. The van der Waals surface area contributed by atoms with E-state index in [1.54, 1.807) is 0 Å². The van der Waals surface area contributed by atoms with Crippen LogP contribution in [0.15, 0.2) is 14.5 Å². The van der Waals surface area contributed by atoms with Crippen molar-refractivity contribution >= 4 is 10.0 Å². The monoisotopic (exact) mass is 299 g/mol. The molecule has 0 aliphatic heterocycles. The van der Waals surface area contributed by atoms with Crippen molar-refractivity contribution in [3.63, 3.8) is 0 Å². The van der Waals surface area contributed by atoms with Crippen molar-refractivity contribution in [2.75, 3.05) is 0 Å². The van der Waals surface area contributed by atoms with Crippen LogP contribution in [-0.4, -0.2) is 24.4 Å². The molecule has 2 bridgehead atoms. The molecule has 110 valence electrons. The van der Waals surface area contributed by atoms with Gasteiger partial charge in [0.15, 0.2) is 4.90 Å². The molecule has 0 saturated heterocycles. The third-order valence-corrected chi connectivity index (χ3v) is 6.03. The van der Waals surface area contributed by atoms with Crippen molar-refractivity contribution in [3.05, 3.63) is 26.5 Å². The van der Waals surface area contributed by atoms with Gasteiger partial charge in [0.1, 0.15) is 0 Å². The minimum atomic E-state index is -3.91. The Balaban J connectivity index is 1.93. The minimum Gasteiger partial charge on any atom is -0.310 e. The Kier molecular flexibility index (Phi) is 3.09. The minimum absolute atomic E-state index is 0.0643. The molecule has 2 saturated carbocycles. The lowest BCUT2D eigenvalue weighted by Gasteiger charge is -2.22. The summed E-state index contributed by atoms with van der Waals surface area (Å²) >= 11 is 0. The largest absolute Gasteiger partial charge is 0.325 e. The maximum Gasteiger partial charge on any atom is 0.325 e. The molecule has 0 unspecified atom stereocenters. The van der Waals surface area contributed by atoms with E-state index in [1.807, 2.05) is 4.98 Å². The lowest BCUT2D eigenvalue weighted by molar-refractivity contribution is 0.390. The van der Waals surface area contributed by atoms with E-state index in [2.05, 4.69) is 9.71 Å². The summed E-state index contributed by atoms with van der Waals surface area (Å²) in [6.07, 6.45) is 4.11. The van der Waals surface area contributed by atoms with Crippen LogP contribution in [0.1, 0.15) is 31.4 Å². The molecule has 8 heteroatoms. The molecular weight excluding hydrogens is 282 g/mol. The van der Waals surface area contributed by atoms with E-state index in [4.69, 9.17) is 0 Å². The number of aromatic nitrogens is 2. The van der Waals surface area contributed by atoms with Gasteiger partial charge in [-0.25, -0.2) is 17.9 Å². The highest BCUT2D eigenvalue weighted by molar-refractivity contribution is 7.89.